The Labute approximate surface area is 139 Å². The molecule has 122 valence electrons. The van der Waals surface area contributed by atoms with E-state index in [4.69, 9.17) is 4.52 Å². The molecule has 0 spiro atoms. The van der Waals surface area contributed by atoms with Gasteiger partial charge in [0.2, 0.25) is 17.6 Å². The molecule has 0 saturated heterocycles. The summed E-state index contributed by atoms with van der Waals surface area (Å²) in [7, 11) is 0. The fraction of sp³-hybridized carbons (Fsp3) is 0.143. The van der Waals surface area contributed by atoms with Crippen LogP contribution in [0.25, 0.3) is 11.4 Å². The maximum absolute atomic E-state index is 12.0. The van der Waals surface area contributed by atoms with Gasteiger partial charge in [0.05, 0.1) is 4.92 Å². The number of pyridine rings is 1. The average molecular weight is 345 g/mol. The van der Waals surface area contributed by atoms with E-state index in [2.05, 4.69) is 20.4 Å². The molecular weight excluding hydrogens is 334 g/mol. The first kappa shape index (κ1) is 15.7. The molecule has 3 heterocycles. The van der Waals surface area contributed by atoms with Crippen LogP contribution in [0.2, 0.25) is 0 Å². The Morgan fingerprint density at radius 3 is 3.04 bits per heavy atom. The molecule has 24 heavy (non-hydrogen) atoms. The predicted octanol–water partition coefficient (Wildman–Crippen LogP) is 2.67. The minimum absolute atomic E-state index is 0.0603. The van der Waals surface area contributed by atoms with E-state index in [1.165, 1.54) is 23.6 Å². The van der Waals surface area contributed by atoms with Gasteiger partial charge in [-0.1, -0.05) is 5.16 Å². The number of anilines is 1. The molecule has 1 N–H and O–H groups in total. The highest BCUT2D eigenvalue weighted by Crippen LogP contribution is 2.22. The van der Waals surface area contributed by atoms with Crippen molar-refractivity contribution in [2.75, 3.05) is 5.32 Å². The van der Waals surface area contributed by atoms with Gasteiger partial charge in [0, 0.05) is 30.0 Å². The van der Waals surface area contributed by atoms with E-state index in [9.17, 15) is 14.9 Å². The van der Waals surface area contributed by atoms with Crippen molar-refractivity contribution in [2.24, 2.45) is 0 Å². The molecule has 3 aromatic rings. The van der Waals surface area contributed by atoms with E-state index < -0.39 is 4.92 Å². The SMILES string of the molecule is O=C(CCc1nc(-c2ccsc2)no1)Nc1ccncc1[N+](=O)[O-]. The first-order valence-electron chi connectivity index (χ1n) is 6.87. The predicted molar refractivity (Wildman–Crippen MR) is 85.5 cm³/mol. The summed E-state index contributed by atoms with van der Waals surface area (Å²) in [4.78, 5) is 30.1. The van der Waals surface area contributed by atoms with Crippen LogP contribution in [-0.2, 0) is 11.2 Å². The summed E-state index contributed by atoms with van der Waals surface area (Å²) < 4.78 is 5.10. The van der Waals surface area contributed by atoms with Crippen LogP contribution in [-0.4, -0.2) is 26.0 Å². The van der Waals surface area contributed by atoms with E-state index in [1.54, 1.807) is 0 Å². The molecule has 0 aliphatic carbocycles. The van der Waals surface area contributed by atoms with Crippen molar-refractivity contribution in [3.05, 3.63) is 51.3 Å². The lowest BCUT2D eigenvalue weighted by molar-refractivity contribution is -0.384. The van der Waals surface area contributed by atoms with Crippen molar-refractivity contribution < 1.29 is 14.2 Å². The third kappa shape index (κ3) is 3.60. The molecule has 0 fully saturated rings. The first-order valence-corrected chi connectivity index (χ1v) is 7.81. The van der Waals surface area contributed by atoms with Crippen LogP contribution in [0.15, 0.2) is 39.8 Å². The number of nitrogens with zero attached hydrogens (tertiary/aromatic N) is 4. The minimum Gasteiger partial charge on any atom is -0.339 e. The van der Waals surface area contributed by atoms with Crippen LogP contribution in [0, 0.1) is 10.1 Å². The lowest BCUT2D eigenvalue weighted by Gasteiger charge is -2.04. The van der Waals surface area contributed by atoms with Crippen LogP contribution in [0.5, 0.6) is 0 Å². The van der Waals surface area contributed by atoms with Crippen molar-refractivity contribution in [1.82, 2.24) is 15.1 Å². The number of thiophene rings is 1. The smallest absolute Gasteiger partial charge is 0.310 e. The number of hydrogen-bond acceptors (Lipinski definition) is 8. The van der Waals surface area contributed by atoms with Gasteiger partial charge in [0.1, 0.15) is 11.9 Å². The third-order valence-corrected chi connectivity index (χ3v) is 3.77. The second kappa shape index (κ2) is 6.96. The number of rotatable bonds is 6. The number of carbonyl (C=O) groups excluding carboxylic acids is 1. The molecule has 3 aromatic heterocycles. The number of nitro groups is 1. The fourth-order valence-corrected chi connectivity index (χ4v) is 2.57. The normalized spacial score (nSPS) is 10.5. The van der Waals surface area contributed by atoms with Gasteiger partial charge in [-0.3, -0.25) is 19.9 Å². The Balaban J connectivity index is 1.59. The molecule has 0 radical (unpaired) electrons. The molecule has 0 aliphatic heterocycles. The number of aromatic nitrogens is 3. The van der Waals surface area contributed by atoms with Crippen LogP contribution in [0.4, 0.5) is 11.4 Å². The summed E-state index contributed by atoms with van der Waals surface area (Å²) in [6.45, 7) is 0. The monoisotopic (exact) mass is 345 g/mol. The number of nitrogens with one attached hydrogen (secondary N) is 1. The quantitative estimate of drug-likeness (QED) is 0.538. The zero-order valence-corrected chi connectivity index (χ0v) is 13.0. The van der Waals surface area contributed by atoms with E-state index in [0.29, 0.717) is 11.7 Å². The third-order valence-electron chi connectivity index (χ3n) is 3.08. The number of carbonyl (C=O) groups is 1. The highest BCUT2D eigenvalue weighted by molar-refractivity contribution is 7.08. The molecule has 3 rings (SSSR count). The molecule has 0 bridgehead atoms. The molecule has 0 aromatic carbocycles. The Hall–Kier alpha value is -3.14. The van der Waals surface area contributed by atoms with Crippen molar-refractivity contribution >= 4 is 28.6 Å². The van der Waals surface area contributed by atoms with E-state index >= 15 is 0 Å². The second-order valence-electron chi connectivity index (χ2n) is 4.72. The zero-order chi connectivity index (χ0) is 16.9. The molecule has 9 nitrogen and oxygen atoms in total. The van der Waals surface area contributed by atoms with Gasteiger partial charge >= 0.3 is 5.69 Å². The van der Waals surface area contributed by atoms with E-state index in [0.717, 1.165) is 11.8 Å². The molecular formula is C14H11N5O4S. The van der Waals surface area contributed by atoms with Crippen LogP contribution < -0.4 is 5.32 Å². The number of amides is 1. The van der Waals surface area contributed by atoms with Gasteiger partial charge in [-0.05, 0) is 17.5 Å². The first-order chi connectivity index (χ1) is 11.6. The Morgan fingerprint density at radius 2 is 2.29 bits per heavy atom. The summed E-state index contributed by atoms with van der Waals surface area (Å²) in [5, 5.41) is 21.0. The van der Waals surface area contributed by atoms with Crippen molar-refractivity contribution in [1.29, 1.82) is 0 Å². The summed E-state index contributed by atoms with van der Waals surface area (Å²) in [6.07, 6.45) is 2.75. The Morgan fingerprint density at radius 1 is 1.42 bits per heavy atom. The summed E-state index contributed by atoms with van der Waals surface area (Å²) in [5.41, 5.74) is 0.694. The molecule has 1 amide bonds. The highest BCUT2D eigenvalue weighted by atomic mass is 32.1. The summed E-state index contributed by atoms with van der Waals surface area (Å²) in [5.74, 6) is 0.409. The van der Waals surface area contributed by atoms with Gasteiger partial charge in [-0.15, -0.1) is 0 Å². The second-order valence-corrected chi connectivity index (χ2v) is 5.50. The fourth-order valence-electron chi connectivity index (χ4n) is 1.94. The van der Waals surface area contributed by atoms with Gasteiger partial charge in [-0.2, -0.15) is 16.3 Å². The van der Waals surface area contributed by atoms with Gasteiger partial charge in [0.15, 0.2) is 0 Å². The van der Waals surface area contributed by atoms with Gasteiger partial charge in [0.25, 0.3) is 0 Å². The maximum Gasteiger partial charge on any atom is 0.310 e. The molecule has 0 unspecified atom stereocenters. The minimum atomic E-state index is -0.603. The van der Waals surface area contributed by atoms with E-state index in [1.807, 2.05) is 16.8 Å². The standard InChI is InChI=1S/C14H11N5O4S/c20-12(16-10-3-5-15-7-11(10)19(21)22)1-2-13-17-14(18-23-13)9-4-6-24-8-9/h3-8H,1-2H2,(H,15,16,20). The topological polar surface area (TPSA) is 124 Å². The maximum atomic E-state index is 12.0. The molecule has 0 aliphatic rings. The zero-order valence-electron chi connectivity index (χ0n) is 12.2. The molecule has 0 atom stereocenters. The number of hydrogen-bond donors (Lipinski definition) is 1. The van der Waals surface area contributed by atoms with E-state index in [-0.39, 0.29) is 30.1 Å². The van der Waals surface area contributed by atoms with Gasteiger partial charge in [-0.25, -0.2) is 0 Å². The van der Waals surface area contributed by atoms with Crippen molar-refractivity contribution in [2.45, 2.75) is 12.8 Å². The lowest BCUT2D eigenvalue weighted by atomic mass is 10.2. The van der Waals surface area contributed by atoms with Crippen LogP contribution >= 0.6 is 11.3 Å². The lowest BCUT2D eigenvalue weighted by Crippen LogP contribution is -2.13. The summed E-state index contributed by atoms with van der Waals surface area (Å²) >= 11 is 1.52. The van der Waals surface area contributed by atoms with Crippen molar-refractivity contribution in [3.8, 4) is 11.4 Å². The average Bonchev–Trinajstić information content (AvgIpc) is 3.24. The Kier molecular flexibility index (Phi) is 4.57. The number of aryl methyl sites for hydroxylation is 1. The van der Waals surface area contributed by atoms with Crippen molar-refractivity contribution in [3.63, 3.8) is 0 Å². The highest BCUT2D eigenvalue weighted by Gasteiger charge is 2.16. The Bertz CT molecular complexity index is 862. The summed E-state index contributed by atoms with van der Waals surface area (Å²) in [6, 6.07) is 3.24. The molecule has 10 heteroatoms. The molecule has 0 saturated carbocycles. The van der Waals surface area contributed by atoms with Crippen LogP contribution in [0.1, 0.15) is 12.3 Å². The van der Waals surface area contributed by atoms with Crippen LogP contribution in [0.3, 0.4) is 0 Å². The van der Waals surface area contributed by atoms with Gasteiger partial charge < -0.3 is 9.84 Å². The largest absolute Gasteiger partial charge is 0.339 e.